The van der Waals surface area contributed by atoms with Gasteiger partial charge in [0.05, 0.1) is 19.3 Å². The fourth-order valence-corrected chi connectivity index (χ4v) is 2.78. The van der Waals surface area contributed by atoms with Gasteiger partial charge in [-0.1, -0.05) is 25.5 Å². The van der Waals surface area contributed by atoms with E-state index in [-0.39, 0.29) is 6.10 Å². The Bertz CT molecular complexity index is 428. The van der Waals surface area contributed by atoms with Gasteiger partial charge in [0.25, 0.3) is 0 Å². The fourth-order valence-electron chi connectivity index (χ4n) is 2.78. The molecule has 0 aromatic heterocycles. The number of hydrogen-bond donors (Lipinski definition) is 1. The van der Waals surface area contributed by atoms with Crippen LogP contribution in [0.25, 0.3) is 0 Å². The van der Waals surface area contributed by atoms with Crippen molar-refractivity contribution < 1.29 is 14.6 Å². The van der Waals surface area contributed by atoms with E-state index in [2.05, 4.69) is 13.0 Å². The number of rotatable bonds is 2. The highest BCUT2D eigenvalue weighted by Crippen LogP contribution is 2.44. The zero-order chi connectivity index (χ0) is 11.8. The normalized spacial score (nSPS) is 26.2. The summed E-state index contributed by atoms with van der Waals surface area (Å²) in [6.07, 6.45) is 2.61. The molecule has 0 radical (unpaired) electrons. The van der Waals surface area contributed by atoms with E-state index in [1.165, 1.54) is 5.56 Å². The summed E-state index contributed by atoms with van der Waals surface area (Å²) in [7, 11) is 0. The molecule has 3 nitrogen and oxygen atoms in total. The van der Waals surface area contributed by atoms with Crippen LogP contribution >= 0.6 is 0 Å². The third-order valence-corrected chi connectivity index (χ3v) is 3.62. The third kappa shape index (κ3) is 1.74. The monoisotopic (exact) mass is 234 g/mol. The summed E-state index contributed by atoms with van der Waals surface area (Å²) in [4.78, 5) is 0. The Morgan fingerprint density at radius 1 is 1.41 bits per heavy atom. The average molecular weight is 234 g/mol. The lowest BCUT2D eigenvalue weighted by molar-refractivity contribution is -0.0350. The number of aliphatic hydroxyl groups is 1. The molecule has 0 saturated carbocycles. The lowest BCUT2D eigenvalue weighted by Crippen LogP contribution is -2.21. The van der Waals surface area contributed by atoms with Crippen LogP contribution in [0.2, 0.25) is 0 Å². The largest absolute Gasteiger partial charge is 0.493 e. The van der Waals surface area contributed by atoms with Crippen LogP contribution in [-0.4, -0.2) is 18.3 Å². The van der Waals surface area contributed by atoms with E-state index in [4.69, 9.17) is 9.47 Å². The Kier molecular flexibility index (Phi) is 2.81. The Balaban J connectivity index is 2.09. The van der Waals surface area contributed by atoms with Crippen molar-refractivity contribution in [3.8, 4) is 5.75 Å². The van der Waals surface area contributed by atoms with Crippen molar-refractivity contribution in [3.05, 3.63) is 28.8 Å². The molecule has 2 heterocycles. The first-order chi connectivity index (χ1) is 8.31. The summed E-state index contributed by atoms with van der Waals surface area (Å²) in [5, 5.41) is 10.00. The van der Waals surface area contributed by atoms with Gasteiger partial charge in [0.1, 0.15) is 11.9 Å². The molecule has 0 fully saturated rings. The second-order valence-electron chi connectivity index (χ2n) is 4.78. The van der Waals surface area contributed by atoms with Crippen LogP contribution in [0.1, 0.15) is 48.7 Å². The zero-order valence-electron chi connectivity index (χ0n) is 10.1. The van der Waals surface area contributed by atoms with Crippen LogP contribution in [0.5, 0.6) is 5.75 Å². The van der Waals surface area contributed by atoms with E-state index < -0.39 is 6.10 Å². The predicted octanol–water partition coefficient (Wildman–Crippen LogP) is 2.53. The number of aliphatic hydroxyl groups excluding tert-OH is 1. The second-order valence-corrected chi connectivity index (χ2v) is 4.78. The Labute approximate surface area is 101 Å². The maximum Gasteiger partial charge on any atom is 0.128 e. The van der Waals surface area contributed by atoms with Crippen LogP contribution in [0.4, 0.5) is 0 Å². The highest BCUT2D eigenvalue weighted by molar-refractivity contribution is 5.51. The van der Waals surface area contributed by atoms with Gasteiger partial charge in [-0.15, -0.1) is 0 Å². The standard InChI is InChI=1S/C14H18O3/c1-2-3-12-13-10(11(15)8-17-12)5-4-9-6-7-16-14(9)13/h4-5,11-12,15H,2-3,6-8H2,1H3/t11-,12+/m1/s1. The van der Waals surface area contributed by atoms with Crippen LogP contribution < -0.4 is 4.74 Å². The summed E-state index contributed by atoms with van der Waals surface area (Å²) < 4.78 is 11.5. The molecule has 0 aliphatic carbocycles. The zero-order valence-corrected chi connectivity index (χ0v) is 10.1. The summed E-state index contributed by atoms with van der Waals surface area (Å²) in [6.45, 7) is 3.30. The molecule has 1 aromatic carbocycles. The molecule has 0 unspecified atom stereocenters. The number of fused-ring (bicyclic) bond motifs is 3. The van der Waals surface area contributed by atoms with Gasteiger partial charge >= 0.3 is 0 Å². The molecule has 2 atom stereocenters. The highest BCUT2D eigenvalue weighted by Gasteiger charge is 2.32. The topological polar surface area (TPSA) is 38.7 Å². The van der Waals surface area contributed by atoms with Crippen LogP contribution in [0.15, 0.2) is 12.1 Å². The molecule has 1 N–H and O–H groups in total. The van der Waals surface area contributed by atoms with E-state index >= 15 is 0 Å². The summed E-state index contributed by atoms with van der Waals surface area (Å²) >= 11 is 0. The van der Waals surface area contributed by atoms with Crippen molar-refractivity contribution >= 4 is 0 Å². The van der Waals surface area contributed by atoms with Gasteiger partial charge in [-0.25, -0.2) is 0 Å². The van der Waals surface area contributed by atoms with E-state index in [9.17, 15) is 5.11 Å². The average Bonchev–Trinajstić information content (AvgIpc) is 2.80. The molecule has 92 valence electrons. The van der Waals surface area contributed by atoms with Gasteiger partial charge in [0.15, 0.2) is 0 Å². The number of ether oxygens (including phenoxy) is 2. The molecule has 0 amide bonds. The van der Waals surface area contributed by atoms with Crippen molar-refractivity contribution in [2.75, 3.05) is 13.2 Å². The van der Waals surface area contributed by atoms with Crippen LogP contribution in [0, 0.1) is 0 Å². The van der Waals surface area contributed by atoms with Gasteiger partial charge in [-0.05, 0) is 17.5 Å². The molecule has 2 aliphatic heterocycles. The van der Waals surface area contributed by atoms with Crippen molar-refractivity contribution in [1.29, 1.82) is 0 Å². The molecule has 2 aliphatic rings. The Hall–Kier alpha value is -1.06. The lowest BCUT2D eigenvalue weighted by Gasteiger charge is -2.30. The molecule has 0 saturated heterocycles. The lowest BCUT2D eigenvalue weighted by atomic mass is 9.90. The number of benzene rings is 1. The van der Waals surface area contributed by atoms with Gasteiger partial charge in [0.2, 0.25) is 0 Å². The van der Waals surface area contributed by atoms with E-state index in [0.29, 0.717) is 6.61 Å². The summed E-state index contributed by atoms with van der Waals surface area (Å²) in [5.41, 5.74) is 3.35. The van der Waals surface area contributed by atoms with Gasteiger partial charge in [0, 0.05) is 12.0 Å². The summed E-state index contributed by atoms with van der Waals surface area (Å²) in [5.74, 6) is 0.972. The minimum absolute atomic E-state index is 0.0893. The molecule has 3 heteroatoms. The van der Waals surface area contributed by atoms with E-state index in [1.54, 1.807) is 0 Å². The second kappa shape index (κ2) is 4.31. The molecule has 0 spiro atoms. The molecular formula is C14H18O3. The first kappa shape index (κ1) is 11.1. The van der Waals surface area contributed by atoms with E-state index in [1.807, 2.05) is 6.07 Å². The SMILES string of the molecule is CCC[C@@H]1OC[C@@H](O)c2ccc3c(c21)OCC3. The summed E-state index contributed by atoms with van der Waals surface area (Å²) in [6, 6.07) is 4.12. The Morgan fingerprint density at radius 3 is 3.12 bits per heavy atom. The first-order valence-electron chi connectivity index (χ1n) is 6.39. The molecule has 17 heavy (non-hydrogen) atoms. The fraction of sp³-hybridized carbons (Fsp3) is 0.571. The smallest absolute Gasteiger partial charge is 0.128 e. The molecule has 0 bridgehead atoms. The maximum absolute atomic E-state index is 10.00. The van der Waals surface area contributed by atoms with Crippen molar-refractivity contribution in [1.82, 2.24) is 0 Å². The third-order valence-electron chi connectivity index (χ3n) is 3.62. The van der Waals surface area contributed by atoms with Gasteiger partial charge in [-0.3, -0.25) is 0 Å². The molecule has 3 rings (SSSR count). The first-order valence-corrected chi connectivity index (χ1v) is 6.39. The predicted molar refractivity (Wildman–Crippen MR) is 64.2 cm³/mol. The van der Waals surface area contributed by atoms with Crippen molar-refractivity contribution in [3.63, 3.8) is 0 Å². The number of hydrogen-bond acceptors (Lipinski definition) is 3. The van der Waals surface area contributed by atoms with Crippen molar-refractivity contribution in [2.45, 2.75) is 38.4 Å². The quantitative estimate of drug-likeness (QED) is 0.854. The highest BCUT2D eigenvalue weighted by atomic mass is 16.5. The van der Waals surface area contributed by atoms with Gasteiger partial charge in [-0.2, -0.15) is 0 Å². The minimum Gasteiger partial charge on any atom is -0.493 e. The van der Waals surface area contributed by atoms with Crippen molar-refractivity contribution in [2.24, 2.45) is 0 Å². The van der Waals surface area contributed by atoms with E-state index in [0.717, 1.165) is 42.7 Å². The van der Waals surface area contributed by atoms with Crippen LogP contribution in [-0.2, 0) is 11.2 Å². The maximum atomic E-state index is 10.00. The van der Waals surface area contributed by atoms with Crippen LogP contribution in [0.3, 0.4) is 0 Å². The Morgan fingerprint density at radius 2 is 2.29 bits per heavy atom. The van der Waals surface area contributed by atoms with Gasteiger partial charge < -0.3 is 14.6 Å². The minimum atomic E-state index is -0.507. The molecule has 1 aromatic rings. The molecular weight excluding hydrogens is 216 g/mol.